The highest BCUT2D eigenvalue weighted by molar-refractivity contribution is 5.86. The number of hydrogen-bond acceptors (Lipinski definition) is 5. The molecule has 1 saturated carbocycles. The molecule has 6 heteroatoms. The third-order valence-corrected chi connectivity index (χ3v) is 5.45. The first-order chi connectivity index (χ1) is 12.2. The van der Waals surface area contributed by atoms with E-state index < -0.39 is 5.60 Å². The van der Waals surface area contributed by atoms with Gasteiger partial charge in [-0.15, -0.1) is 0 Å². The van der Waals surface area contributed by atoms with Crippen molar-refractivity contribution in [1.29, 1.82) is 0 Å². The first kappa shape index (κ1) is 16.6. The SMILES string of the molecule is Cc1nn(C2CCCC2)c2cc(C3=CC(CO)(CCO)ON3)ccc12. The highest BCUT2D eigenvalue weighted by Crippen LogP contribution is 2.35. The summed E-state index contributed by atoms with van der Waals surface area (Å²) < 4.78 is 2.19. The van der Waals surface area contributed by atoms with Crippen molar-refractivity contribution < 1.29 is 15.1 Å². The van der Waals surface area contributed by atoms with E-state index in [4.69, 9.17) is 9.94 Å². The van der Waals surface area contributed by atoms with Crippen molar-refractivity contribution >= 4 is 16.6 Å². The largest absolute Gasteiger partial charge is 0.396 e. The lowest BCUT2D eigenvalue weighted by atomic mass is 9.98. The van der Waals surface area contributed by atoms with E-state index in [2.05, 4.69) is 29.2 Å². The predicted molar refractivity (Wildman–Crippen MR) is 95.7 cm³/mol. The molecule has 1 aromatic carbocycles. The molecular weight excluding hydrogens is 318 g/mol. The monoisotopic (exact) mass is 343 g/mol. The average Bonchev–Trinajstić information content (AvgIpc) is 3.35. The minimum absolute atomic E-state index is 0.0430. The van der Waals surface area contributed by atoms with Gasteiger partial charge in [0.2, 0.25) is 0 Å². The van der Waals surface area contributed by atoms with Crippen molar-refractivity contribution in [2.24, 2.45) is 0 Å². The van der Waals surface area contributed by atoms with Crippen LogP contribution in [0.5, 0.6) is 0 Å². The van der Waals surface area contributed by atoms with E-state index in [-0.39, 0.29) is 13.2 Å². The van der Waals surface area contributed by atoms with Gasteiger partial charge in [0.15, 0.2) is 0 Å². The average molecular weight is 343 g/mol. The van der Waals surface area contributed by atoms with Crippen LogP contribution in [0.25, 0.3) is 16.6 Å². The van der Waals surface area contributed by atoms with Crippen molar-refractivity contribution in [2.45, 2.75) is 50.7 Å². The first-order valence-electron chi connectivity index (χ1n) is 9.04. The van der Waals surface area contributed by atoms with Gasteiger partial charge in [0.25, 0.3) is 0 Å². The summed E-state index contributed by atoms with van der Waals surface area (Å²) in [5.41, 5.74) is 6.09. The Hall–Kier alpha value is -1.89. The van der Waals surface area contributed by atoms with Crippen LogP contribution < -0.4 is 5.48 Å². The van der Waals surface area contributed by atoms with Crippen molar-refractivity contribution in [3.8, 4) is 0 Å². The molecule has 6 nitrogen and oxygen atoms in total. The van der Waals surface area contributed by atoms with E-state index in [0.29, 0.717) is 12.5 Å². The standard InChI is InChI=1S/C19H25N3O3/c1-13-16-7-6-14(17-11-19(12-24,8-9-23)25-21-17)10-18(16)22(20-13)15-4-2-3-5-15/h6-7,10-11,15,21,23-24H,2-5,8-9,12H2,1H3. The molecule has 1 fully saturated rings. The molecule has 25 heavy (non-hydrogen) atoms. The minimum atomic E-state index is -0.860. The summed E-state index contributed by atoms with van der Waals surface area (Å²) in [7, 11) is 0. The van der Waals surface area contributed by atoms with Crippen LogP contribution in [-0.2, 0) is 4.84 Å². The predicted octanol–water partition coefficient (Wildman–Crippen LogP) is 2.45. The van der Waals surface area contributed by atoms with Crippen LogP contribution in [0.2, 0.25) is 0 Å². The van der Waals surface area contributed by atoms with Crippen LogP contribution in [-0.4, -0.2) is 38.8 Å². The number of aromatic nitrogens is 2. The Morgan fingerprint density at radius 1 is 1.32 bits per heavy atom. The van der Waals surface area contributed by atoms with Gasteiger partial charge >= 0.3 is 0 Å². The number of hydrogen-bond donors (Lipinski definition) is 3. The minimum Gasteiger partial charge on any atom is -0.396 e. The van der Waals surface area contributed by atoms with Gasteiger partial charge in [0.05, 0.1) is 29.6 Å². The Morgan fingerprint density at radius 3 is 2.84 bits per heavy atom. The summed E-state index contributed by atoms with van der Waals surface area (Å²) in [5, 5.41) is 24.8. The van der Waals surface area contributed by atoms with Gasteiger partial charge in [-0.2, -0.15) is 5.10 Å². The molecule has 2 aromatic rings. The summed E-state index contributed by atoms with van der Waals surface area (Å²) in [6.45, 7) is 1.84. The third-order valence-electron chi connectivity index (χ3n) is 5.45. The fraction of sp³-hybridized carbons (Fsp3) is 0.526. The number of aliphatic hydroxyl groups is 2. The molecule has 4 rings (SSSR count). The highest BCUT2D eigenvalue weighted by atomic mass is 16.7. The summed E-state index contributed by atoms with van der Waals surface area (Å²) in [6, 6.07) is 6.78. The van der Waals surface area contributed by atoms with E-state index in [9.17, 15) is 10.2 Å². The zero-order valence-corrected chi connectivity index (χ0v) is 14.5. The van der Waals surface area contributed by atoms with E-state index in [1.54, 1.807) is 0 Å². The maximum atomic E-state index is 9.64. The van der Waals surface area contributed by atoms with Gasteiger partial charge < -0.3 is 10.2 Å². The third kappa shape index (κ3) is 2.84. The molecule has 3 N–H and O–H groups in total. The Bertz CT molecular complexity index is 808. The zero-order chi connectivity index (χ0) is 17.4. The summed E-state index contributed by atoms with van der Waals surface area (Å²) in [6.07, 6.45) is 7.13. The van der Waals surface area contributed by atoms with Crippen LogP contribution in [0.3, 0.4) is 0 Å². The number of nitrogens with one attached hydrogen (secondary N) is 1. The lowest BCUT2D eigenvalue weighted by Gasteiger charge is -2.21. The molecule has 0 saturated heterocycles. The van der Waals surface area contributed by atoms with Crippen molar-refractivity contribution in [2.75, 3.05) is 13.2 Å². The lowest BCUT2D eigenvalue weighted by molar-refractivity contribution is -0.0764. The van der Waals surface area contributed by atoms with E-state index >= 15 is 0 Å². The molecular formula is C19H25N3O3. The van der Waals surface area contributed by atoms with Gasteiger partial charge in [0, 0.05) is 24.0 Å². The van der Waals surface area contributed by atoms with E-state index in [1.165, 1.54) is 31.1 Å². The fourth-order valence-corrected chi connectivity index (χ4v) is 3.98. The summed E-state index contributed by atoms with van der Waals surface area (Å²) in [4.78, 5) is 5.57. The Morgan fingerprint density at radius 2 is 2.12 bits per heavy atom. The Balaban J connectivity index is 1.74. The van der Waals surface area contributed by atoms with Gasteiger partial charge in [-0.05, 0) is 31.9 Å². The van der Waals surface area contributed by atoms with Crippen molar-refractivity contribution in [3.05, 3.63) is 35.5 Å². The molecule has 0 spiro atoms. The second-order valence-corrected chi connectivity index (χ2v) is 7.16. The smallest absolute Gasteiger partial charge is 0.141 e. The number of fused-ring (bicyclic) bond motifs is 1. The maximum absolute atomic E-state index is 9.64. The van der Waals surface area contributed by atoms with Gasteiger partial charge in [-0.25, -0.2) is 0 Å². The molecule has 1 atom stereocenters. The number of hydroxylamine groups is 1. The second kappa shape index (κ2) is 6.44. The first-order valence-corrected chi connectivity index (χ1v) is 9.04. The highest BCUT2D eigenvalue weighted by Gasteiger charge is 2.34. The van der Waals surface area contributed by atoms with Crippen LogP contribution in [0, 0.1) is 6.92 Å². The molecule has 2 heterocycles. The molecule has 1 aliphatic heterocycles. The zero-order valence-electron chi connectivity index (χ0n) is 14.5. The van der Waals surface area contributed by atoms with Crippen LogP contribution in [0.15, 0.2) is 24.3 Å². The number of aryl methyl sites for hydroxylation is 1. The molecule has 1 aliphatic carbocycles. The van der Waals surface area contributed by atoms with Gasteiger partial charge in [-0.1, -0.05) is 25.0 Å². The number of rotatable bonds is 5. The number of benzene rings is 1. The lowest BCUT2D eigenvalue weighted by Crippen LogP contribution is -2.34. The molecule has 1 aromatic heterocycles. The van der Waals surface area contributed by atoms with Gasteiger partial charge in [0.1, 0.15) is 5.60 Å². The molecule has 0 radical (unpaired) electrons. The number of nitrogens with zero attached hydrogens (tertiary/aromatic N) is 2. The van der Waals surface area contributed by atoms with Crippen molar-refractivity contribution in [3.63, 3.8) is 0 Å². The van der Waals surface area contributed by atoms with Gasteiger partial charge in [-0.3, -0.25) is 15.0 Å². The second-order valence-electron chi connectivity index (χ2n) is 7.16. The van der Waals surface area contributed by atoms with Crippen LogP contribution >= 0.6 is 0 Å². The fourth-order valence-electron chi connectivity index (χ4n) is 3.98. The summed E-state index contributed by atoms with van der Waals surface area (Å²) in [5.74, 6) is 0. The Labute approximate surface area is 147 Å². The summed E-state index contributed by atoms with van der Waals surface area (Å²) >= 11 is 0. The topological polar surface area (TPSA) is 79.5 Å². The van der Waals surface area contributed by atoms with E-state index in [0.717, 1.165) is 22.5 Å². The quantitative estimate of drug-likeness (QED) is 0.777. The molecule has 2 aliphatic rings. The molecule has 0 bridgehead atoms. The Kier molecular flexibility index (Phi) is 4.27. The van der Waals surface area contributed by atoms with Crippen LogP contribution in [0.1, 0.15) is 49.4 Å². The molecule has 0 amide bonds. The normalized spacial score (nSPS) is 24.0. The molecule has 134 valence electrons. The van der Waals surface area contributed by atoms with Crippen molar-refractivity contribution in [1.82, 2.24) is 15.3 Å². The maximum Gasteiger partial charge on any atom is 0.141 e. The molecule has 1 unspecified atom stereocenters. The number of aliphatic hydroxyl groups excluding tert-OH is 2. The van der Waals surface area contributed by atoms with Crippen LogP contribution in [0.4, 0.5) is 0 Å². The van der Waals surface area contributed by atoms with E-state index in [1.807, 2.05) is 12.1 Å².